The van der Waals surface area contributed by atoms with Crippen LogP contribution in [0.3, 0.4) is 0 Å². The Hall–Kier alpha value is -1.39. The minimum absolute atomic E-state index is 0.0971. The topological polar surface area (TPSA) is 64.3 Å². The van der Waals surface area contributed by atoms with Crippen LogP contribution < -0.4 is 11.1 Å². The highest BCUT2D eigenvalue weighted by molar-refractivity contribution is 5.94. The van der Waals surface area contributed by atoms with Crippen LogP contribution >= 0.6 is 0 Å². The first kappa shape index (κ1) is 16.0. The summed E-state index contributed by atoms with van der Waals surface area (Å²) in [5.74, 6) is -0.0971. The van der Waals surface area contributed by atoms with E-state index in [-0.39, 0.29) is 12.0 Å². The molecule has 1 saturated carbocycles. The van der Waals surface area contributed by atoms with Crippen molar-refractivity contribution in [2.45, 2.75) is 64.2 Å². The minimum atomic E-state index is -0.432. The lowest BCUT2D eigenvalue weighted by Crippen LogP contribution is -2.32. The molecule has 1 unspecified atom stereocenters. The van der Waals surface area contributed by atoms with E-state index < -0.39 is 6.10 Å². The maximum Gasteiger partial charge on any atom is 0.253 e. The van der Waals surface area contributed by atoms with Crippen molar-refractivity contribution >= 4 is 11.6 Å². The first-order valence-electron chi connectivity index (χ1n) is 7.95. The Morgan fingerprint density at radius 3 is 2.62 bits per heavy atom. The summed E-state index contributed by atoms with van der Waals surface area (Å²) in [5, 5.41) is 2.92. The van der Waals surface area contributed by atoms with E-state index >= 15 is 0 Å². The lowest BCUT2D eigenvalue weighted by atomic mass is 10.1. The molecule has 0 radical (unpaired) electrons. The van der Waals surface area contributed by atoms with E-state index in [1.807, 2.05) is 31.2 Å². The van der Waals surface area contributed by atoms with Crippen molar-refractivity contribution < 1.29 is 9.53 Å². The van der Waals surface area contributed by atoms with Gasteiger partial charge in [-0.25, -0.2) is 0 Å². The van der Waals surface area contributed by atoms with Crippen LogP contribution in [0.25, 0.3) is 0 Å². The number of benzene rings is 1. The highest BCUT2D eigenvalue weighted by Crippen LogP contribution is 2.21. The molecule has 0 heterocycles. The van der Waals surface area contributed by atoms with Gasteiger partial charge in [0.15, 0.2) is 0 Å². The van der Waals surface area contributed by atoms with Crippen LogP contribution in [-0.2, 0) is 16.1 Å². The Labute approximate surface area is 127 Å². The van der Waals surface area contributed by atoms with Gasteiger partial charge in [0, 0.05) is 12.2 Å². The van der Waals surface area contributed by atoms with Crippen molar-refractivity contribution in [3.63, 3.8) is 0 Å². The van der Waals surface area contributed by atoms with Gasteiger partial charge in [0.05, 0.1) is 6.10 Å². The third kappa shape index (κ3) is 4.83. The van der Waals surface area contributed by atoms with Crippen LogP contribution in [0.4, 0.5) is 5.69 Å². The van der Waals surface area contributed by atoms with E-state index in [4.69, 9.17) is 10.5 Å². The minimum Gasteiger partial charge on any atom is -0.365 e. The summed E-state index contributed by atoms with van der Waals surface area (Å²) in [4.78, 5) is 12.3. The largest absolute Gasteiger partial charge is 0.365 e. The molecule has 1 aliphatic rings. The Morgan fingerprint density at radius 1 is 1.29 bits per heavy atom. The van der Waals surface area contributed by atoms with Crippen LogP contribution in [0.2, 0.25) is 0 Å². The molecule has 1 aromatic rings. The average Bonchev–Trinajstić information content (AvgIpc) is 2.76. The standard InChI is InChI=1S/C17H26N2O2/c1-13(21-15-9-4-2-3-5-10-15)17(20)19-16-11-7-6-8-14(16)12-18/h6-8,11,13,15H,2-5,9-10,12,18H2,1H3,(H,19,20). The summed E-state index contributed by atoms with van der Waals surface area (Å²) >= 11 is 0. The van der Waals surface area contributed by atoms with Crippen molar-refractivity contribution in [3.05, 3.63) is 29.8 Å². The van der Waals surface area contributed by atoms with Gasteiger partial charge in [-0.1, -0.05) is 43.9 Å². The highest BCUT2D eigenvalue weighted by atomic mass is 16.5. The predicted molar refractivity (Wildman–Crippen MR) is 85.0 cm³/mol. The number of nitrogens with one attached hydrogen (secondary N) is 1. The fourth-order valence-corrected chi connectivity index (χ4v) is 2.78. The molecule has 116 valence electrons. The lowest BCUT2D eigenvalue weighted by Gasteiger charge is -2.21. The average molecular weight is 290 g/mol. The first-order valence-corrected chi connectivity index (χ1v) is 7.95. The second kappa shape index (κ2) is 8.15. The maximum atomic E-state index is 12.3. The van der Waals surface area contributed by atoms with Crippen LogP contribution in [0.15, 0.2) is 24.3 Å². The summed E-state index contributed by atoms with van der Waals surface area (Å²) < 4.78 is 5.94. The second-order valence-corrected chi connectivity index (χ2v) is 5.74. The van der Waals surface area contributed by atoms with Crippen LogP contribution in [0.5, 0.6) is 0 Å². The summed E-state index contributed by atoms with van der Waals surface area (Å²) in [6.45, 7) is 2.24. The van der Waals surface area contributed by atoms with Gasteiger partial charge in [-0.05, 0) is 31.4 Å². The van der Waals surface area contributed by atoms with Gasteiger partial charge in [-0.2, -0.15) is 0 Å². The molecular formula is C17H26N2O2. The van der Waals surface area contributed by atoms with Crippen molar-refractivity contribution in [1.82, 2.24) is 0 Å². The van der Waals surface area contributed by atoms with E-state index in [9.17, 15) is 4.79 Å². The van der Waals surface area contributed by atoms with Gasteiger partial charge in [0.1, 0.15) is 6.10 Å². The number of rotatable bonds is 5. The SMILES string of the molecule is CC(OC1CCCCCC1)C(=O)Nc1ccccc1CN. The van der Waals surface area contributed by atoms with E-state index in [0.717, 1.165) is 24.1 Å². The number of carbonyl (C=O) groups is 1. The first-order chi connectivity index (χ1) is 10.2. The molecule has 1 atom stereocenters. The fourth-order valence-electron chi connectivity index (χ4n) is 2.78. The molecule has 0 spiro atoms. The van der Waals surface area contributed by atoms with E-state index in [1.54, 1.807) is 0 Å². The number of ether oxygens (including phenoxy) is 1. The van der Waals surface area contributed by atoms with Crippen molar-refractivity contribution in [1.29, 1.82) is 0 Å². The fraction of sp³-hybridized carbons (Fsp3) is 0.588. The third-order valence-electron chi connectivity index (χ3n) is 4.06. The monoisotopic (exact) mass is 290 g/mol. The smallest absolute Gasteiger partial charge is 0.253 e. The Morgan fingerprint density at radius 2 is 1.95 bits per heavy atom. The van der Waals surface area contributed by atoms with E-state index in [2.05, 4.69) is 5.32 Å². The Kier molecular flexibility index (Phi) is 6.21. The molecule has 0 bridgehead atoms. The normalized spacial score (nSPS) is 18.0. The van der Waals surface area contributed by atoms with E-state index in [0.29, 0.717) is 6.54 Å². The zero-order valence-corrected chi connectivity index (χ0v) is 12.8. The molecular weight excluding hydrogens is 264 g/mol. The molecule has 0 saturated heterocycles. The highest BCUT2D eigenvalue weighted by Gasteiger charge is 2.20. The zero-order valence-electron chi connectivity index (χ0n) is 12.8. The van der Waals surface area contributed by atoms with Gasteiger partial charge in [0.2, 0.25) is 0 Å². The summed E-state index contributed by atoms with van der Waals surface area (Å²) in [5.41, 5.74) is 7.40. The Balaban J connectivity index is 1.89. The number of anilines is 1. The molecule has 0 aromatic heterocycles. The van der Waals surface area contributed by atoms with Crippen molar-refractivity contribution in [3.8, 4) is 0 Å². The molecule has 1 fully saturated rings. The molecule has 4 heteroatoms. The third-order valence-corrected chi connectivity index (χ3v) is 4.06. The number of carbonyl (C=O) groups excluding carboxylic acids is 1. The molecule has 3 N–H and O–H groups in total. The summed E-state index contributed by atoms with van der Waals surface area (Å²) in [7, 11) is 0. The zero-order chi connectivity index (χ0) is 15.1. The molecule has 0 aliphatic heterocycles. The number of amides is 1. The van der Waals surface area contributed by atoms with Gasteiger partial charge in [-0.3, -0.25) is 4.79 Å². The Bertz CT molecular complexity index is 454. The number of para-hydroxylation sites is 1. The molecule has 1 amide bonds. The molecule has 21 heavy (non-hydrogen) atoms. The quantitative estimate of drug-likeness (QED) is 0.818. The second-order valence-electron chi connectivity index (χ2n) is 5.74. The van der Waals surface area contributed by atoms with E-state index in [1.165, 1.54) is 25.7 Å². The lowest BCUT2D eigenvalue weighted by molar-refractivity contribution is -0.130. The van der Waals surface area contributed by atoms with Gasteiger partial charge in [0.25, 0.3) is 5.91 Å². The van der Waals surface area contributed by atoms with Gasteiger partial charge in [-0.15, -0.1) is 0 Å². The maximum absolute atomic E-state index is 12.3. The van der Waals surface area contributed by atoms with Crippen LogP contribution in [0, 0.1) is 0 Å². The van der Waals surface area contributed by atoms with Crippen LogP contribution in [0.1, 0.15) is 51.0 Å². The van der Waals surface area contributed by atoms with Crippen molar-refractivity contribution in [2.75, 3.05) is 5.32 Å². The number of nitrogens with two attached hydrogens (primary N) is 1. The summed E-state index contributed by atoms with van der Waals surface area (Å²) in [6, 6.07) is 7.61. The molecule has 1 aromatic carbocycles. The predicted octanol–water partition coefficient (Wildman–Crippen LogP) is 3.21. The molecule has 4 nitrogen and oxygen atoms in total. The van der Waals surface area contributed by atoms with Crippen molar-refractivity contribution in [2.24, 2.45) is 5.73 Å². The van der Waals surface area contributed by atoms with Gasteiger partial charge < -0.3 is 15.8 Å². The number of hydrogen-bond donors (Lipinski definition) is 2. The molecule has 1 aliphatic carbocycles. The molecule has 2 rings (SSSR count). The summed E-state index contributed by atoms with van der Waals surface area (Å²) in [6.07, 6.45) is 6.89. The number of hydrogen-bond acceptors (Lipinski definition) is 3. The van der Waals surface area contributed by atoms with Crippen LogP contribution in [-0.4, -0.2) is 18.1 Å². The van der Waals surface area contributed by atoms with Gasteiger partial charge >= 0.3 is 0 Å².